The van der Waals surface area contributed by atoms with E-state index < -0.39 is 12.1 Å². The molecule has 90 valence electrons. The van der Waals surface area contributed by atoms with E-state index in [4.69, 9.17) is 10.8 Å². The fourth-order valence-corrected chi connectivity index (χ4v) is 3.33. The van der Waals surface area contributed by atoms with Crippen LogP contribution >= 0.6 is 0 Å². The molecule has 0 aromatic rings. The van der Waals surface area contributed by atoms with Gasteiger partial charge in [-0.3, -0.25) is 4.79 Å². The molecule has 2 rings (SSSR count). The van der Waals surface area contributed by atoms with Crippen molar-refractivity contribution in [3.63, 3.8) is 0 Å². The van der Waals surface area contributed by atoms with Crippen molar-refractivity contribution in [1.29, 1.82) is 0 Å². The number of rotatable bonds is 4. The number of carboxylic acids is 1. The lowest BCUT2D eigenvalue weighted by Gasteiger charge is -2.51. The first-order valence-corrected chi connectivity index (χ1v) is 5.79. The molecule has 4 N–H and O–H groups in total. The Balaban J connectivity index is 2.13. The second-order valence-electron chi connectivity index (χ2n) is 5.25. The maximum absolute atomic E-state index is 10.8. The average molecular weight is 225 g/mol. The second kappa shape index (κ2) is 3.86. The SMILES string of the molecule is CC(O)C1=C[C@@H]2[C@H](C1)C[C@]2(CN)CC(=O)O. The Hall–Kier alpha value is -0.870. The van der Waals surface area contributed by atoms with Gasteiger partial charge in [-0.05, 0) is 49.1 Å². The van der Waals surface area contributed by atoms with E-state index in [9.17, 15) is 9.90 Å². The van der Waals surface area contributed by atoms with Gasteiger partial charge in [-0.2, -0.15) is 0 Å². The number of aliphatic carboxylic acids is 1. The Morgan fingerprint density at radius 3 is 2.94 bits per heavy atom. The minimum Gasteiger partial charge on any atom is -0.481 e. The molecule has 4 heteroatoms. The summed E-state index contributed by atoms with van der Waals surface area (Å²) in [4.78, 5) is 10.8. The van der Waals surface area contributed by atoms with Gasteiger partial charge in [0, 0.05) is 0 Å². The fraction of sp³-hybridized carbons (Fsp3) is 0.750. The molecule has 0 aromatic heterocycles. The van der Waals surface area contributed by atoms with Gasteiger partial charge in [0.25, 0.3) is 0 Å². The standard InChI is InChI=1S/C12H19NO3/c1-7(14)8-2-9-4-12(6-13,5-11(15)16)10(9)3-8/h3,7,9-10,14H,2,4-6,13H2,1H3,(H,15,16)/t7?,9-,10-,12-/m1/s1. The van der Waals surface area contributed by atoms with Gasteiger partial charge >= 0.3 is 5.97 Å². The Morgan fingerprint density at radius 2 is 2.44 bits per heavy atom. The first kappa shape index (κ1) is 11.6. The van der Waals surface area contributed by atoms with Crippen molar-refractivity contribution in [2.45, 2.75) is 32.3 Å². The highest BCUT2D eigenvalue weighted by atomic mass is 16.4. The first-order chi connectivity index (χ1) is 7.48. The summed E-state index contributed by atoms with van der Waals surface area (Å²) in [7, 11) is 0. The zero-order valence-corrected chi connectivity index (χ0v) is 9.52. The van der Waals surface area contributed by atoms with Crippen molar-refractivity contribution in [3.05, 3.63) is 11.6 Å². The lowest BCUT2D eigenvalue weighted by Crippen LogP contribution is -2.51. The van der Waals surface area contributed by atoms with E-state index in [1.165, 1.54) is 0 Å². The van der Waals surface area contributed by atoms with Crippen molar-refractivity contribution in [2.24, 2.45) is 23.0 Å². The molecular formula is C12H19NO3. The van der Waals surface area contributed by atoms with E-state index in [2.05, 4.69) is 6.08 Å². The molecule has 0 aliphatic heterocycles. The molecule has 4 nitrogen and oxygen atoms in total. The van der Waals surface area contributed by atoms with Crippen LogP contribution in [0.2, 0.25) is 0 Å². The predicted octanol–water partition coefficient (Wildman–Crippen LogP) is 0.753. The lowest BCUT2D eigenvalue weighted by atomic mass is 9.53. The zero-order valence-electron chi connectivity index (χ0n) is 9.52. The Kier molecular flexibility index (Phi) is 2.80. The number of nitrogens with two attached hydrogens (primary N) is 1. The van der Waals surface area contributed by atoms with E-state index in [-0.39, 0.29) is 17.8 Å². The van der Waals surface area contributed by atoms with Crippen molar-refractivity contribution in [3.8, 4) is 0 Å². The number of aliphatic hydroxyl groups excluding tert-OH is 1. The third-order valence-corrected chi connectivity index (χ3v) is 4.22. The van der Waals surface area contributed by atoms with Crippen LogP contribution in [0.5, 0.6) is 0 Å². The highest BCUT2D eigenvalue weighted by molar-refractivity contribution is 5.68. The summed E-state index contributed by atoms with van der Waals surface area (Å²) < 4.78 is 0. The van der Waals surface area contributed by atoms with E-state index in [1.54, 1.807) is 6.92 Å². The van der Waals surface area contributed by atoms with E-state index in [0.29, 0.717) is 12.5 Å². The molecule has 2 aliphatic rings. The molecular weight excluding hydrogens is 206 g/mol. The minimum absolute atomic E-state index is 0.147. The summed E-state index contributed by atoms with van der Waals surface area (Å²) in [5.74, 6) is -0.00602. The second-order valence-corrected chi connectivity index (χ2v) is 5.25. The fourth-order valence-electron chi connectivity index (χ4n) is 3.33. The molecule has 0 heterocycles. The number of hydrogen-bond donors (Lipinski definition) is 3. The molecule has 0 radical (unpaired) electrons. The van der Waals surface area contributed by atoms with Crippen LogP contribution < -0.4 is 5.73 Å². The van der Waals surface area contributed by atoms with Gasteiger partial charge in [-0.1, -0.05) is 6.08 Å². The van der Waals surface area contributed by atoms with Gasteiger partial charge in [-0.15, -0.1) is 0 Å². The number of hydrogen-bond acceptors (Lipinski definition) is 3. The molecule has 1 fully saturated rings. The number of aliphatic hydroxyl groups is 1. The molecule has 0 spiro atoms. The smallest absolute Gasteiger partial charge is 0.303 e. The van der Waals surface area contributed by atoms with Crippen molar-refractivity contribution in [1.82, 2.24) is 0 Å². The molecule has 1 unspecified atom stereocenters. The van der Waals surface area contributed by atoms with Crippen LogP contribution in [0.4, 0.5) is 0 Å². The molecule has 1 saturated carbocycles. The van der Waals surface area contributed by atoms with Gasteiger partial charge in [0.2, 0.25) is 0 Å². The summed E-state index contributed by atoms with van der Waals surface area (Å²) in [6.45, 7) is 2.18. The van der Waals surface area contributed by atoms with Gasteiger partial charge < -0.3 is 15.9 Å². The molecule has 0 aromatic carbocycles. The van der Waals surface area contributed by atoms with Crippen LogP contribution in [0.25, 0.3) is 0 Å². The quantitative estimate of drug-likeness (QED) is 0.617. The summed E-state index contributed by atoms with van der Waals surface area (Å²) in [5.41, 5.74) is 6.53. The summed E-state index contributed by atoms with van der Waals surface area (Å²) >= 11 is 0. The van der Waals surface area contributed by atoms with Crippen LogP contribution in [0.3, 0.4) is 0 Å². The van der Waals surface area contributed by atoms with Crippen molar-refractivity contribution in [2.75, 3.05) is 6.54 Å². The molecule has 2 aliphatic carbocycles. The van der Waals surface area contributed by atoms with Gasteiger partial charge in [0.05, 0.1) is 12.5 Å². The largest absolute Gasteiger partial charge is 0.481 e. The maximum atomic E-state index is 10.8. The monoisotopic (exact) mass is 225 g/mol. The molecule has 0 saturated heterocycles. The molecule has 4 atom stereocenters. The van der Waals surface area contributed by atoms with Gasteiger partial charge in [0.1, 0.15) is 0 Å². The third-order valence-electron chi connectivity index (χ3n) is 4.22. The van der Waals surface area contributed by atoms with Crippen molar-refractivity contribution < 1.29 is 15.0 Å². The predicted molar refractivity (Wildman–Crippen MR) is 59.7 cm³/mol. The summed E-state index contributed by atoms with van der Waals surface area (Å²) in [6, 6.07) is 0. The number of carboxylic acid groups (broad SMARTS) is 1. The van der Waals surface area contributed by atoms with Crippen LogP contribution in [-0.2, 0) is 4.79 Å². The molecule has 0 bridgehead atoms. The van der Waals surface area contributed by atoms with Crippen LogP contribution in [0.15, 0.2) is 11.6 Å². The third kappa shape index (κ3) is 1.66. The highest BCUT2D eigenvalue weighted by Crippen LogP contribution is 2.59. The normalized spacial score (nSPS) is 38.6. The zero-order chi connectivity index (χ0) is 11.9. The van der Waals surface area contributed by atoms with Crippen LogP contribution in [0.1, 0.15) is 26.2 Å². The maximum Gasteiger partial charge on any atom is 0.303 e. The topological polar surface area (TPSA) is 83.5 Å². The lowest BCUT2D eigenvalue weighted by molar-refractivity contribution is -0.144. The summed E-state index contributed by atoms with van der Waals surface area (Å²) in [6.07, 6.45) is 3.59. The Bertz CT molecular complexity index is 337. The molecule has 16 heavy (non-hydrogen) atoms. The Labute approximate surface area is 95.1 Å². The summed E-state index contributed by atoms with van der Waals surface area (Å²) in [5, 5.41) is 18.4. The molecule has 0 amide bonds. The van der Waals surface area contributed by atoms with E-state index in [1.807, 2.05) is 0 Å². The first-order valence-electron chi connectivity index (χ1n) is 5.79. The van der Waals surface area contributed by atoms with Crippen LogP contribution in [-0.4, -0.2) is 28.8 Å². The van der Waals surface area contributed by atoms with Crippen LogP contribution in [0, 0.1) is 17.3 Å². The van der Waals surface area contributed by atoms with Gasteiger partial charge in [0.15, 0.2) is 0 Å². The number of carbonyl (C=O) groups is 1. The average Bonchev–Trinajstić information content (AvgIpc) is 2.53. The highest BCUT2D eigenvalue weighted by Gasteiger charge is 2.55. The Morgan fingerprint density at radius 1 is 1.75 bits per heavy atom. The number of allylic oxidation sites excluding steroid dienone is 1. The van der Waals surface area contributed by atoms with Gasteiger partial charge in [-0.25, -0.2) is 0 Å². The number of fused-ring (bicyclic) bond motifs is 1. The minimum atomic E-state index is -0.775. The van der Waals surface area contributed by atoms with Crippen molar-refractivity contribution >= 4 is 5.97 Å². The van der Waals surface area contributed by atoms with E-state index >= 15 is 0 Å². The van der Waals surface area contributed by atoms with E-state index in [0.717, 1.165) is 18.4 Å².